The molecule has 6 heteroatoms. The van der Waals surface area contributed by atoms with Gasteiger partial charge in [0.25, 0.3) is 0 Å². The molecular weight excluding hydrogens is 649 g/mol. The lowest BCUT2D eigenvalue weighted by molar-refractivity contribution is 0.819. The lowest BCUT2D eigenvalue weighted by atomic mass is 9.92. The lowest BCUT2D eigenvalue weighted by Gasteiger charge is -2.26. The van der Waals surface area contributed by atoms with Gasteiger partial charge in [0.05, 0.1) is 33.2 Å². The zero-order valence-electron chi connectivity index (χ0n) is 32.5. The standard InChI is InChI=1S/C47H32N6/c1-6-22-38-31(15-1)32-16-2-7-23-39(32)51(38)42-26-10-5-19-37(42)45-48-46-50-47(49-45)53-41-25-9-4-18-34(41)36-21-12-14-30(44(36)53)28-27-29-13-11-20-35-33-17-3-8-24-40(33)52(46)43(29)35/h1-15,17-26,32H,16,27-28H2/i5D,10D,19D,26D. The van der Waals surface area contributed by atoms with Crippen molar-refractivity contribution in [2.24, 2.45) is 0 Å². The molecule has 12 rings (SSSR count). The maximum Gasteiger partial charge on any atom is 0.240 e. The number of rotatable bonds is 2. The van der Waals surface area contributed by atoms with Crippen molar-refractivity contribution in [3.63, 3.8) is 0 Å². The molecule has 5 heterocycles. The van der Waals surface area contributed by atoms with Crippen molar-refractivity contribution >= 4 is 55.0 Å². The number of aryl methyl sites for hydroxylation is 2. The first-order valence-corrected chi connectivity index (χ1v) is 18.1. The van der Waals surface area contributed by atoms with Crippen LogP contribution in [-0.2, 0) is 12.8 Å². The fourth-order valence-electron chi connectivity index (χ4n) is 9.08. The minimum Gasteiger partial charge on any atom is -0.313 e. The van der Waals surface area contributed by atoms with Gasteiger partial charge in [-0.05, 0) is 72.3 Å². The summed E-state index contributed by atoms with van der Waals surface area (Å²) in [5.74, 6) is 0.945. The van der Waals surface area contributed by atoms with E-state index in [1.54, 1.807) is 0 Å². The molecule has 6 aromatic carbocycles. The molecule has 1 unspecified atom stereocenters. The Morgan fingerprint density at radius 3 is 1.89 bits per heavy atom. The first-order valence-electron chi connectivity index (χ1n) is 20.1. The van der Waals surface area contributed by atoms with Crippen LogP contribution in [0.5, 0.6) is 0 Å². The van der Waals surface area contributed by atoms with Gasteiger partial charge in [-0.1, -0.05) is 115 Å². The molecule has 0 spiro atoms. The van der Waals surface area contributed by atoms with Gasteiger partial charge in [-0.3, -0.25) is 9.13 Å². The Hall–Kier alpha value is -6.79. The Bertz CT molecular complexity index is 3160. The SMILES string of the molecule is [2H]c1c([2H])c([2H])c(N2C3=CC=CCC3c3ccccc32)c(-c2nc3nc(n2)-n2c4ccccc4c4cccc(c42)CCc2cccc4c5ccccc5n-3c24)c1[2H]. The van der Waals surface area contributed by atoms with Gasteiger partial charge in [-0.15, -0.1) is 0 Å². The van der Waals surface area contributed by atoms with Crippen molar-refractivity contribution in [2.75, 3.05) is 4.90 Å². The normalized spacial score (nSPS) is 16.9. The smallest absolute Gasteiger partial charge is 0.240 e. The van der Waals surface area contributed by atoms with Crippen molar-refractivity contribution in [3.05, 3.63) is 174 Å². The Balaban J connectivity index is 1.26. The molecule has 0 saturated heterocycles. The molecule has 0 fully saturated rings. The Labute approximate surface area is 311 Å². The molecule has 0 saturated carbocycles. The predicted octanol–water partition coefficient (Wildman–Crippen LogP) is 10.9. The highest BCUT2D eigenvalue weighted by molar-refractivity contribution is 6.11. The van der Waals surface area contributed by atoms with E-state index < -0.39 is 0 Å². The van der Waals surface area contributed by atoms with Gasteiger partial charge in [0.2, 0.25) is 11.9 Å². The predicted molar refractivity (Wildman–Crippen MR) is 215 cm³/mol. The van der Waals surface area contributed by atoms with Crippen LogP contribution in [-0.4, -0.2) is 24.1 Å². The molecule has 6 nitrogen and oxygen atoms in total. The summed E-state index contributed by atoms with van der Waals surface area (Å²) >= 11 is 0. The van der Waals surface area contributed by atoms with E-state index >= 15 is 0 Å². The maximum absolute atomic E-state index is 9.62. The second-order valence-electron chi connectivity index (χ2n) is 14.0. The topological polar surface area (TPSA) is 51.8 Å². The Morgan fingerprint density at radius 1 is 0.585 bits per heavy atom. The van der Waals surface area contributed by atoms with Gasteiger partial charge in [-0.2, -0.15) is 15.0 Å². The maximum atomic E-state index is 9.62. The monoisotopic (exact) mass is 684 g/mol. The van der Waals surface area contributed by atoms with E-state index in [-0.39, 0.29) is 41.5 Å². The van der Waals surface area contributed by atoms with E-state index in [0.717, 1.165) is 90.9 Å². The zero-order chi connectivity index (χ0) is 38.1. The van der Waals surface area contributed by atoms with Crippen LogP contribution in [0.4, 0.5) is 11.4 Å². The second-order valence-corrected chi connectivity index (χ2v) is 14.0. The van der Waals surface area contributed by atoms with Gasteiger partial charge in [-0.25, -0.2) is 0 Å². The molecule has 2 bridgehead atoms. The molecule has 0 N–H and O–H groups in total. The molecule has 0 amide bonds. The third kappa shape index (κ3) is 4.00. The first-order chi connectivity index (χ1) is 28.0. The Morgan fingerprint density at radius 2 is 1.19 bits per heavy atom. The number of hydrogen-bond donors (Lipinski definition) is 0. The molecule has 0 radical (unpaired) electrons. The number of allylic oxidation sites excluding steroid dienone is 4. The van der Waals surface area contributed by atoms with E-state index in [9.17, 15) is 2.74 Å². The molecule has 9 aromatic rings. The highest BCUT2D eigenvalue weighted by atomic mass is 15.3. The quantitative estimate of drug-likeness (QED) is 0.182. The first kappa shape index (κ1) is 25.2. The van der Waals surface area contributed by atoms with Crippen LogP contribution in [0.25, 0.3) is 66.9 Å². The number of para-hydroxylation sites is 6. The van der Waals surface area contributed by atoms with Gasteiger partial charge < -0.3 is 4.90 Å². The van der Waals surface area contributed by atoms with Crippen molar-refractivity contribution in [3.8, 4) is 23.3 Å². The fourth-order valence-corrected chi connectivity index (χ4v) is 9.08. The molecule has 2 aliphatic heterocycles. The third-order valence-corrected chi connectivity index (χ3v) is 11.3. The van der Waals surface area contributed by atoms with E-state index in [1.807, 2.05) is 53.4 Å². The summed E-state index contributed by atoms with van der Waals surface area (Å²) in [7, 11) is 0. The van der Waals surface area contributed by atoms with Crippen LogP contribution in [0.1, 0.15) is 34.5 Å². The second kappa shape index (κ2) is 10.9. The highest BCUT2D eigenvalue weighted by Crippen LogP contribution is 2.52. The van der Waals surface area contributed by atoms with Crippen molar-refractivity contribution < 1.29 is 5.48 Å². The third-order valence-electron chi connectivity index (χ3n) is 11.3. The van der Waals surface area contributed by atoms with E-state index in [0.29, 0.717) is 17.6 Å². The summed E-state index contributed by atoms with van der Waals surface area (Å²) in [5.41, 5.74) is 9.68. The molecule has 3 aliphatic rings. The van der Waals surface area contributed by atoms with E-state index in [1.165, 1.54) is 0 Å². The lowest BCUT2D eigenvalue weighted by Crippen LogP contribution is -2.16. The largest absolute Gasteiger partial charge is 0.313 e. The molecular formula is C47H32N6. The van der Waals surface area contributed by atoms with Crippen LogP contribution in [0.3, 0.4) is 0 Å². The fraction of sp³-hybridized carbons (Fsp3) is 0.0851. The number of aromatic nitrogens is 5. The molecule has 250 valence electrons. The number of anilines is 2. The van der Waals surface area contributed by atoms with Crippen molar-refractivity contribution in [2.45, 2.75) is 25.2 Å². The summed E-state index contributed by atoms with van der Waals surface area (Å²) < 4.78 is 41.4. The number of fused-ring (bicyclic) bond motifs is 13. The average Bonchev–Trinajstić information content (AvgIpc) is 3.89. The van der Waals surface area contributed by atoms with E-state index in [2.05, 4.69) is 88.0 Å². The minimum absolute atomic E-state index is 0.0376. The molecule has 3 aromatic heterocycles. The average molecular weight is 685 g/mol. The number of benzene rings is 6. The Kier molecular flexibility index (Phi) is 5.16. The van der Waals surface area contributed by atoms with Gasteiger partial charge in [0.1, 0.15) is 0 Å². The van der Waals surface area contributed by atoms with Crippen molar-refractivity contribution in [1.82, 2.24) is 24.1 Å². The highest BCUT2D eigenvalue weighted by Gasteiger charge is 2.36. The van der Waals surface area contributed by atoms with Crippen LogP contribution in [0.15, 0.2) is 157 Å². The summed E-state index contributed by atoms with van der Waals surface area (Å²) in [6.07, 6.45) is 8.56. The van der Waals surface area contributed by atoms with Crippen LogP contribution >= 0.6 is 0 Å². The summed E-state index contributed by atoms with van der Waals surface area (Å²) in [6.45, 7) is 0. The molecule has 1 atom stereocenters. The van der Waals surface area contributed by atoms with Gasteiger partial charge in [0, 0.05) is 44.4 Å². The van der Waals surface area contributed by atoms with Gasteiger partial charge in [0.15, 0.2) is 5.82 Å². The molecule has 1 aliphatic carbocycles. The number of nitrogens with zero attached hydrogens (tertiary/aromatic N) is 6. The summed E-state index contributed by atoms with van der Waals surface area (Å²) in [5, 5.41) is 4.33. The minimum atomic E-state index is -0.347. The van der Waals surface area contributed by atoms with Crippen molar-refractivity contribution in [1.29, 1.82) is 0 Å². The summed E-state index contributed by atoms with van der Waals surface area (Å²) in [6, 6.07) is 36.6. The number of hydrogen-bond acceptors (Lipinski definition) is 4. The van der Waals surface area contributed by atoms with Gasteiger partial charge >= 0.3 is 0 Å². The summed E-state index contributed by atoms with van der Waals surface area (Å²) in [4.78, 5) is 17.9. The van der Waals surface area contributed by atoms with Crippen LogP contribution in [0.2, 0.25) is 0 Å². The molecule has 53 heavy (non-hydrogen) atoms. The van der Waals surface area contributed by atoms with E-state index in [4.69, 9.17) is 17.7 Å². The zero-order valence-corrected chi connectivity index (χ0v) is 28.5. The van der Waals surface area contributed by atoms with Crippen LogP contribution < -0.4 is 4.90 Å². The van der Waals surface area contributed by atoms with Crippen LogP contribution in [0, 0.1) is 0 Å².